The van der Waals surface area contributed by atoms with Crippen LogP contribution in [0.15, 0.2) is 76.0 Å². The summed E-state index contributed by atoms with van der Waals surface area (Å²) in [5.74, 6) is 0.720. The maximum absolute atomic E-state index is 13.6. The van der Waals surface area contributed by atoms with Crippen LogP contribution < -0.4 is 10.3 Å². The Kier molecular flexibility index (Phi) is 7.44. The van der Waals surface area contributed by atoms with Crippen molar-refractivity contribution in [2.45, 2.75) is 32.1 Å². The number of carboxylic acids is 1. The monoisotopic (exact) mass is 528 g/mol. The van der Waals surface area contributed by atoms with E-state index in [4.69, 9.17) is 19.4 Å². The summed E-state index contributed by atoms with van der Waals surface area (Å²) in [6, 6.07) is 18.3. The molecule has 0 radical (unpaired) electrons. The summed E-state index contributed by atoms with van der Waals surface area (Å²) >= 11 is 0. The lowest BCUT2D eigenvalue weighted by atomic mass is 10.1. The fourth-order valence-corrected chi connectivity index (χ4v) is 4.32. The number of carboxylic acid groups (broad SMARTS) is 1. The SMILES string of the molecule is COc1ccc(Cc2noc(-c3ccc4c(=O)n(-c5ccc(F)cc5)c(CCCCC(=O)O)nc4c3)n2)cc1. The largest absolute Gasteiger partial charge is 0.497 e. The first-order chi connectivity index (χ1) is 18.9. The van der Waals surface area contributed by atoms with Crippen molar-refractivity contribution < 1.29 is 23.6 Å². The van der Waals surface area contributed by atoms with E-state index in [1.807, 2.05) is 24.3 Å². The van der Waals surface area contributed by atoms with Crippen molar-refractivity contribution in [1.29, 1.82) is 0 Å². The average molecular weight is 529 g/mol. The summed E-state index contributed by atoms with van der Waals surface area (Å²) < 4.78 is 25.7. The minimum atomic E-state index is -0.882. The summed E-state index contributed by atoms with van der Waals surface area (Å²) in [6.07, 6.45) is 1.82. The third kappa shape index (κ3) is 5.85. The number of benzene rings is 3. The van der Waals surface area contributed by atoms with Gasteiger partial charge in [-0.05, 0) is 73.0 Å². The Morgan fingerprint density at radius 1 is 1.03 bits per heavy atom. The highest BCUT2D eigenvalue weighted by Crippen LogP contribution is 2.23. The van der Waals surface area contributed by atoms with E-state index in [2.05, 4.69) is 10.1 Å². The molecule has 0 amide bonds. The Hall–Kier alpha value is -4.86. The predicted octanol–water partition coefficient (Wildman–Crippen LogP) is 4.97. The highest BCUT2D eigenvalue weighted by Gasteiger charge is 2.16. The van der Waals surface area contributed by atoms with Gasteiger partial charge in [0.25, 0.3) is 11.4 Å². The third-order valence-corrected chi connectivity index (χ3v) is 6.30. The molecule has 2 aromatic heterocycles. The fraction of sp³-hybridized carbons (Fsp3) is 0.207. The molecule has 0 unspecified atom stereocenters. The number of aryl methyl sites for hydroxylation is 1. The third-order valence-electron chi connectivity index (χ3n) is 6.30. The van der Waals surface area contributed by atoms with Gasteiger partial charge in [-0.15, -0.1) is 0 Å². The number of unbranched alkanes of at least 4 members (excludes halogenated alkanes) is 1. The van der Waals surface area contributed by atoms with E-state index in [1.54, 1.807) is 25.3 Å². The zero-order chi connectivity index (χ0) is 27.4. The van der Waals surface area contributed by atoms with Gasteiger partial charge in [-0.2, -0.15) is 4.98 Å². The lowest BCUT2D eigenvalue weighted by Gasteiger charge is -2.14. The Morgan fingerprint density at radius 2 is 1.79 bits per heavy atom. The zero-order valence-electron chi connectivity index (χ0n) is 21.1. The van der Waals surface area contributed by atoms with Crippen molar-refractivity contribution in [3.63, 3.8) is 0 Å². The van der Waals surface area contributed by atoms with Crippen molar-refractivity contribution in [3.05, 3.63) is 100 Å². The molecule has 10 heteroatoms. The number of aliphatic carboxylic acids is 1. The van der Waals surface area contributed by atoms with Crippen LogP contribution in [0.3, 0.4) is 0 Å². The van der Waals surface area contributed by atoms with Gasteiger partial charge >= 0.3 is 5.97 Å². The van der Waals surface area contributed by atoms with Gasteiger partial charge in [-0.3, -0.25) is 14.2 Å². The number of hydrogen-bond acceptors (Lipinski definition) is 7. The van der Waals surface area contributed by atoms with E-state index in [0.29, 0.717) is 65.4 Å². The number of rotatable bonds is 10. The molecule has 0 atom stereocenters. The smallest absolute Gasteiger partial charge is 0.303 e. The van der Waals surface area contributed by atoms with E-state index in [-0.39, 0.29) is 12.0 Å². The van der Waals surface area contributed by atoms with Crippen molar-refractivity contribution in [2.75, 3.05) is 7.11 Å². The average Bonchev–Trinajstić information content (AvgIpc) is 3.40. The van der Waals surface area contributed by atoms with Gasteiger partial charge in [0.05, 0.1) is 23.7 Å². The molecule has 9 nitrogen and oxygen atoms in total. The molecule has 0 saturated carbocycles. The van der Waals surface area contributed by atoms with Crippen molar-refractivity contribution in [3.8, 4) is 22.9 Å². The van der Waals surface area contributed by atoms with Crippen LogP contribution >= 0.6 is 0 Å². The van der Waals surface area contributed by atoms with Gasteiger partial charge in [0, 0.05) is 24.8 Å². The van der Waals surface area contributed by atoms with Crippen LogP contribution in [0.5, 0.6) is 5.75 Å². The number of hydrogen-bond donors (Lipinski definition) is 1. The van der Waals surface area contributed by atoms with Gasteiger partial charge in [0.15, 0.2) is 5.82 Å². The van der Waals surface area contributed by atoms with Gasteiger partial charge in [0.2, 0.25) is 0 Å². The highest BCUT2D eigenvalue weighted by atomic mass is 19.1. The lowest BCUT2D eigenvalue weighted by molar-refractivity contribution is -0.137. The molecule has 3 aromatic carbocycles. The summed E-state index contributed by atoms with van der Waals surface area (Å²) in [4.78, 5) is 33.7. The van der Waals surface area contributed by atoms with Gasteiger partial charge in [-0.25, -0.2) is 9.37 Å². The normalized spacial score (nSPS) is 11.1. The molecule has 39 heavy (non-hydrogen) atoms. The van der Waals surface area contributed by atoms with E-state index < -0.39 is 11.8 Å². The first-order valence-electron chi connectivity index (χ1n) is 12.4. The molecule has 0 spiro atoms. The number of nitrogens with zero attached hydrogens (tertiary/aromatic N) is 4. The molecule has 0 saturated heterocycles. The standard InChI is InChI=1S/C29H25FN4O5/c1-38-22-13-6-18(7-14-22)16-25-32-28(39-33-25)19-8-15-23-24(17-19)31-26(4-2-3-5-27(35)36)34(29(23)37)21-11-9-20(30)10-12-21/h6-15,17H,2-5,16H2,1H3,(H,35,36). The molecule has 5 aromatic rings. The molecule has 2 heterocycles. The summed E-state index contributed by atoms with van der Waals surface area (Å²) in [7, 11) is 1.61. The minimum Gasteiger partial charge on any atom is -0.497 e. The second-order valence-electron chi connectivity index (χ2n) is 9.02. The Bertz CT molecular complexity index is 1680. The molecule has 1 N–H and O–H groups in total. The Balaban J connectivity index is 1.48. The van der Waals surface area contributed by atoms with Crippen LogP contribution in [0, 0.1) is 5.82 Å². The molecule has 0 fully saturated rings. The number of methoxy groups -OCH3 is 1. The van der Waals surface area contributed by atoms with Crippen molar-refractivity contribution in [1.82, 2.24) is 19.7 Å². The number of carbonyl (C=O) groups is 1. The van der Waals surface area contributed by atoms with Crippen LogP contribution in [-0.2, 0) is 17.6 Å². The lowest BCUT2D eigenvalue weighted by Crippen LogP contribution is -2.24. The number of ether oxygens (including phenoxy) is 1. The molecule has 0 aliphatic rings. The van der Waals surface area contributed by atoms with Crippen molar-refractivity contribution >= 4 is 16.9 Å². The Labute approximate surface area is 222 Å². The molecule has 198 valence electrons. The quantitative estimate of drug-likeness (QED) is 0.252. The van der Waals surface area contributed by atoms with E-state index in [0.717, 1.165) is 11.3 Å². The minimum absolute atomic E-state index is 0.0224. The van der Waals surface area contributed by atoms with Crippen LogP contribution in [0.1, 0.15) is 36.5 Å². The van der Waals surface area contributed by atoms with E-state index >= 15 is 0 Å². The number of halogens is 1. The zero-order valence-corrected chi connectivity index (χ0v) is 21.1. The fourth-order valence-electron chi connectivity index (χ4n) is 4.32. The number of fused-ring (bicyclic) bond motifs is 1. The summed E-state index contributed by atoms with van der Waals surface area (Å²) in [5.41, 5.74) is 2.22. The maximum atomic E-state index is 13.6. The number of aromatic nitrogens is 4. The van der Waals surface area contributed by atoms with Crippen LogP contribution in [0.4, 0.5) is 4.39 Å². The highest BCUT2D eigenvalue weighted by molar-refractivity contribution is 5.82. The second-order valence-corrected chi connectivity index (χ2v) is 9.02. The summed E-state index contributed by atoms with van der Waals surface area (Å²) in [6.45, 7) is 0. The molecule has 5 rings (SSSR count). The first-order valence-corrected chi connectivity index (χ1v) is 12.4. The van der Waals surface area contributed by atoms with Gasteiger partial charge in [0.1, 0.15) is 17.4 Å². The van der Waals surface area contributed by atoms with Crippen molar-refractivity contribution in [2.24, 2.45) is 0 Å². The van der Waals surface area contributed by atoms with Crippen LogP contribution in [0.2, 0.25) is 0 Å². The topological polar surface area (TPSA) is 120 Å². The van der Waals surface area contributed by atoms with E-state index in [1.165, 1.54) is 28.8 Å². The van der Waals surface area contributed by atoms with E-state index in [9.17, 15) is 14.0 Å². The maximum Gasteiger partial charge on any atom is 0.303 e. The molecule has 0 aliphatic carbocycles. The Morgan fingerprint density at radius 3 is 2.51 bits per heavy atom. The second kappa shape index (κ2) is 11.3. The molecule has 0 bridgehead atoms. The van der Waals surface area contributed by atoms with Gasteiger partial charge < -0.3 is 14.4 Å². The molecular formula is C29H25FN4O5. The van der Waals surface area contributed by atoms with Crippen LogP contribution in [-0.4, -0.2) is 37.9 Å². The predicted molar refractivity (Wildman–Crippen MR) is 142 cm³/mol. The summed E-state index contributed by atoms with van der Waals surface area (Å²) in [5, 5.41) is 13.4. The van der Waals surface area contributed by atoms with Gasteiger partial charge in [-0.1, -0.05) is 17.3 Å². The molecule has 0 aliphatic heterocycles. The van der Waals surface area contributed by atoms with Crippen LogP contribution in [0.25, 0.3) is 28.0 Å². The first kappa shape index (κ1) is 25.8. The molecular weight excluding hydrogens is 503 g/mol.